The van der Waals surface area contributed by atoms with Crippen molar-refractivity contribution in [3.8, 4) is 0 Å². The van der Waals surface area contributed by atoms with Gasteiger partial charge in [0.15, 0.2) is 0 Å². The van der Waals surface area contributed by atoms with Gasteiger partial charge in [0.05, 0.1) is 35.0 Å². The van der Waals surface area contributed by atoms with Crippen LogP contribution in [0.25, 0.3) is 44.4 Å². The van der Waals surface area contributed by atoms with Crippen molar-refractivity contribution in [3.63, 3.8) is 0 Å². The van der Waals surface area contributed by atoms with Gasteiger partial charge in [-0.25, -0.2) is 9.97 Å². The summed E-state index contributed by atoms with van der Waals surface area (Å²) in [5.41, 5.74) is 12.8. The lowest BCUT2D eigenvalue weighted by Crippen LogP contribution is -1.97. The minimum absolute atomic E-state index is 0.0579. The maximum Gasteiger partial charge on any atom is 0.303 e. The molecule has 0 aliphatic carbocycles. The molecular formula is C35H40N4O6. The van der Waals surface area contributed by atoms with Crippen LogP contribution in [0.15, 0.2) is 24.3 Å². The van der Waals surface area contributed by atoms with Crippen molar-refractivity contribution in [3.05, 3.63) is 69.3 Å². The number of hydrogen-bond donors (Lipinski definition) is 5. The van der Waals surface area contributed by atoms with Crippen molar-refractivity contribution >= 4 is 56.3 Å². The predicted octanol–water partition coefficient (Wildman–Crippen LogP) is 7.28. The number of aliphatic carboxylic acids is 2. The number of aromatic amines is 2. The molecule has 0 amide bonds. The quantitative estimate of drug-likeness (QED) is 0.168. The molecule has 2 atom stereocenters. The van der Waals surface area contributed by atoms with Gasteiger partial charge in [-0.1, -0.05) is 0 Å². The summed E-state index contributed by atoms with van der Waals surface area (Å²) >= 11 is 0. The number of ether oxygens (including phenoxy) is 1. The average molecular weight is 613 g/mol. The summed E-state index contributed by atoms with van der Waals surface area (Å²) in [6.45, 7) is 11.6. The van der Waals surface area contributed by atoms with Crippen LogP contribution in [0.1, 0.15) is 111 Å². The van der Waals surface area contributed by atoms with Gasteiger partial charge in [0.25, 0.3) is 0 Å². The molecule has 10 heteroatoms. The summed E-state index contributed by atoms with van der Waals surface area (Å²) in [6, 6.07) is 7.74. The van der Waals surface area contributed by atoms with Gasteiger partial charge in [0.2, 0.25) is 0 Å². The summed E-state index contributed by atoms with van der Waals surface area (Å²) < 4.78 is 5.76. The Morgan fingerprint density at radius 1 is 0.711 bits per heavy atom. The number of methoxy groups -OCH3 is 1. The van der Waals surface area contributed by atoms with Crippen LogP contribution < -0.4 is 0 Å². The molecule has 0 fully saturated rings. The Hall–Kier alpha value is -4.54. The molecule has 45 heavy (non-hydrogen) atoms. The van der Waals surface area contributed by atoms with Gasteiger partial charge in [0, 0.05) is 53.1 Å². The number of aliphatic hydroxyl groups is 1. The van der Waals surface area contributed by atoms with E-state index in [2.05, 4.69) is 9.97 Å². The number of aliphatic hydroxyl groups excluding tert-OH is 1. The summed E-state index contributed by atoms with van der Waals surface area (Å²) in [6.07, 6.45) is -0.530. The van der Waals surface area contributed by atoms with Gasteiger partial charge in [-0.3, -0.25) is 9.59 Å². The van der Waals surface area contributed by atoms with Crippen LogP contribution in [-0.2, 0) is 14.3 Å². The van der Waals surface area contributed by atoms with Crippen LogP contribution in [0.2, 0.25) is 0 Å². The predicted molar refractivity (Wildman–Crippen MR) is 175 cm³/mol. The molecular weight excluding hydrogens is 572 g/mol. The number of hydrogen-bond acceptors (Lipinski definition) is 6. The molecule has 0 spiro atoms. The van der Waals surface area contributed by atoms with Crippen LogP contribution in [0.4, 0.5) is 0 Å². The van der Waals surface area contributed by atoms with Gasteiger partial charge in [-0.15, -0.1) is 0 Å². The monoisotopic (exact) mass is 612 g/mol. The second-order valence-corrected chi connectivity index (χ2v) is 11.9. The third-order valence-electron chi connectivity index (χ3n) is 8.99. The van der Waals surface area contributed by atoms with E-state index in [1.54, 1.807) is 14.0 Å². The molecule has 8 bridgehead atoms. The Kier molecular flexibility index (Phi) is 8.82. The number of H-pyrrole nitrogens is 2. The minimum Gasteiger partial charge on any atom is -0.481 e. The van der Waals surface area contributed by atoms with Gasteiger partial charge in [-0.05, 0) is 112 Å². The van der Waals surface area contributed by atoms with Crippen molar-refractivity contribution in [2.75, 3.05) is 7.11 Å². The van der Waals surface area contributed by atoms with Crippen molar-refractivity contribution in [2.24, 2.45) is 0 Å². The Labute approximate surface area is 261 Å². The fourth-order valence-electron chi connectivity index (χ4n) is 6.42. The van der Waals surface area contributed by atoms with Crippen LogP contribution in [-0.4, -0.2) is 54.3 Å². The molecule has 10 nitrogen and oxygen atoms in total. The highest BCUT2D eigenvalue weighted by Crippen LogP contribution is 2.39. The summed E-state index contributed by atoms with van der Waals surface area (Å²) in [5.74, 6) is -1.81. The number of rotatable bonds is 9. The van der Waals surface area contributed by atoms with E-state index in [0.29, 0.717) is 22.8 Å². The van der Waals surface area contributed by atoms with E-state index < -0.39 is 18.0 Å². The van der Waals surface area contributed by atoms with Gasteiger partial charge >= 0.3 is 11.9 Å². The Morgan fingerprint density at radius 2 is 1.16 bits per heavy atom. The zero-order valence-corrected chi connectivity index (χ0v) is 26.8. The summed E-state index contributed by atoms with van der Waals surface area (Å²) in [7, 11) is 1.66. The fraction of sp³-hybridized carbons (Fsp3) is 0.371. The maximum atomic E-state index is 11.6. The number of fused-ring (bicyclic) bond motifs is 8. The smallest absolute Gasteiger partial charge is 0.303 e. The van der Waals surface area contributed by atoms with E-state index >= 15 is 0 Å². The van der Waals surface area contributed by atoms with Crippen LogP contribution in [0, 0.1) is 13.8 Å². The first-order valence-electron chi connectivity index (χ1n) is 15.1. The zero-order valence-electron chi connectivity index (χ0n) is 26.8. The number of nitrogens with one attached hydrogen (secondary N) is 2. The van der Waals surface area contributed by atoms with E-state index in [0.717, 1.165) is 66.6 Å². The Balaban J connectivity index is 1.95. The van der Waals surface area contributed by atoms with Crippen LogP contribution in [0.3, 0.4) is 0 Å². The van der Waals surface area contributed by atoms with E-state index in [4.69, 9.17) is 14.7 Å². The molecule has 0 saturated carbocycles. The largest absolute Gasteiger partial charge is 0.481 e. The second kappa shape index (κ2) is 12.5. The zero-order chi connectivity index (χ0) is 32.7. The molecule has 0 saturated heterocycles. The van der Waals surface area contributed by atoms with Crippen molar-refractivity contribution in [1.82, 2.24) is 19.9 Å². The number of carboxylic acids is 2. The molecule has 2 aliphatic heterocycles. The standard InChI is InChI=1S/C35H40N4O6/c1-16-22(8-10-32(41)42)28-15-29-23(9-11-33(43)44)17(2)25(37-29)13-31-35(21(6)45-7)19(4)27(39-31)14-30-34(20(5)40)18(3)26(38-30)12-24(16)36-28/h12-15,20-21,38-40H,8-11H2,1-7H3,(H,41,42)(H,43,44). The van der Waals surface area contributed by atoms with E-state index in [9.17, 15) is 24.9 Å². The SMILES string of the molecule is COC(C)c1c(C)c2cc3[nH]c(cc4nc(cc5nc(cc1[nH]2)C(C)=C5CCC(=O)O)C(CCC(=O)O)=C4C)c(C)c3C(C)O. The lowest BCUT2D eigenvalue weighted by molar-refractivity contribution is -0.137. The average Bonchev–Trinajstić information content (AvgIpc) is 3.63. The Morgan fingerprint density at radius 3 is 1.62 bits per heavy atom. The van der Waals surface area contributed by atoms with Crippen molar-refractivity contribution in [1.29, 1.82) is 0 Å². The van der Waals surface area contributed by atoms with Crippen LogP contribution >= 0.6 is 0 Å². The van der Waals surface area contributed by atoms with E-state index in [1.165, 1.54) is 0 Å². The highest BCUT2D eigenvalue weighted by Gasteiger charge is 2.24. The molecule has 236 valence electrons. The number of allylic oxidation sites excluding steroid dienone is 4. The summed E-state index contributed by atoms with van der Waals surface area (Å²) in [5, 5.41) is 29.8. The first kappa shape index (κ1) is 31.9. The molecule has 5 heterocycles. The third kappa shape index (κ3) is 6.08. The molecule has 2 unspecified atom stereocenters. The molecule has 5 N–H and O–H groups in total. The van der Waals surface area contributed by atoms with Gasteiger partial charge in [0.1, 0.15) is 0 Å². The van der Waals surface area contributed by atoms with Crippen molar-refractivity contribution in [2.45, 2.75) is 79.4 Å². The molecule has 3 aromatic rings. The second-order valence-electron chi connectivity index (χ2n) is 11.9. The van der Waals surface area contributed by atoms with E-state index in [-0.39, 0.29) is 31.8 Å². The molecule has 0 radical (unpaired) electrons. The molecule has 0 aromatic carbocycles. The topological polar surface area (TPSA) is 161 Å². The fourth-order valence-corrected chi connectivity index (χ4v) is 6.42. The minimum atomic E-state index is -0.907. The lowest BCUT2D eigenvalue weighted by atomic mass is 9.98. The molecule has 2 aliphatic rings. The highest BCUT2D eigenvalue weighted by atomic mass is 16.5. The van der Waals surface area contributed by atoms with Gasteiger partial charge in [-0.2, -0.15) is 0 Å². The highest BCUT2D eigenvalue weighted by molar-refractivity contribution is 5.96. The number of carbonyl (C=O) groups is 2. The Bertz CT molecular complexity index is 1940. The van der Waals surface area contributed by atoms with Crippen molar-refractivity contribution < 1.29 is 29.6 Å². The summed E-state index contributed by atoms with van der Waals surface area (Å²) in [4.78, 5) is 40.2. The number of aryl methyl sites for hydroxylation is 2. The number of nitrogens with zero attached hydrogens (tertiary/aromatic N) is 2. The lowest BCUT2D eigenvalue weighted by Gasteiger charge is -2.09. The first-order valence-corrected chi connectivity index (χ1v) is 15.1. The normalized spacial score (nSPS) is 14.7. The number of aromatic nitrogens is 4. The van der Waals surface area contributed by atoms with E-state index in [1.807, 2.05) is 58.9 Å². The first-order chi connectivity index (χ1) is 21.3. The number of carboxylic acid groups (broad SMARTS) is 2. The van der Waals surface area contributed by atoms with Crippen LogP contribution in [0.5, 0.6) is 0 Å². The van der Waals surface area contributed by atoms with Gasteiger partial charge < -0.3 is 30.0 Å². The molecule has 3 aromatic heterocycles. The maximum absolute atomic E-state index is 11.6. The molecule has 5 rings (SSSR count). The third-order valence-corrected chi connectivity index (χ3v) is 8.99.